The number of rotatable bonds is 6. The lowest BCUT2D eigenvalue weighted by atomic mass is 9.47. The molecule has 10 heteroatoms. The fourth-order valence-corrected chi connectivity index (χ4v) is 7.30. The van der Waals surface area contributed by atoms with Crippen molar-refractivity contribution in [2.75, 3.05) is 4.90 Å². The van der Waals surface area contributed by atoms with Crippen LogP contribution in [0.5, 0.6) is 0 Å². The summed E-state index contributed by atoms with van der Waals surface area (Å²) in [7, 11) is 0. The van der Waals surface area contributed by atoms with Gasteiger partial charge in [0.15, 0.2) is 6.10 Å². The standard InChI is InChI=1S/C34H26N4O6/c1-19-15-16-25(26(17-19)38(43)44)37-32(41)28-27-21-11-5-7-13-23(21)34(29(28)33(37)42,24-14-8-6-12-22(24)27)18-35-36-31(40)30(39)20-9-3-2-4-10-20/h2-18,27-30,39H,1H3,(H,36,40)/b35-18-/t27?,28-,29+,30+,34?/m1/s1. The Labute approximate surface area is 251 Å². The third-order valence-electron chi connectivity index (χ3n) is 9.06. The predicted molar refractivity (Wildman–Crippen MR) is 161 cm³/mol. The van der Waals surface area contributed by atoms with Crippen LogP contribution < -0.4 is 10.3 Å². The number of benzene rings is 4. The lowest BCUT2D eigenvalue weighted by Crippen LogP contribution is -2.54. The zero-order valence-corrected chi connectivity index (χ0v) is 23.5. The Morgan fingerprint density at radius 1 is 0.955 bits per heavy atom. The zero-order valence-electron chi connectivity index (χ0n) is 23.5. The number of aliphatic hydroxyl groups is 1. The van der Waals surface area contributed by atoms with Gasteiger partial charge in [0.25, 0.3) is 11.6 Å². The highest BCUT2D eigenvalue weighted by atomic mass is 16.6. The van der Waals surface area contributed by atoms with Gasteiger partial charge in [-0.1, -0.05) is 84.9 Å². The lowest BCUT2D eigenvalue weighted by molar-refractivity contribution is -0.384. The second-order valence-electron chi connectivity index (χ2n) is 11.3. The van der Waals surface area contributed by atoms with Crippen molar-refractivity contribution in [2.24, 2.45) is 16.9 Å². The molecule has 4 aliphatic rings. The van der Waals surface area contributed by atoms with E-state index in [-0.39, 0.29) is 11.4 Å². The van der Waals surface area contributed by atoms with Crippen LogP contribution in [0.1, 0.15) is 45.4 Å². The topological polar surface area (TPSA) is 142 Å². The quantitative estimate of drug-likeness (QED) is 0.149. The Balaban J connectivity index is 1.38. The molecular formula is C34H26N4O6. The number of nitro benzene ring substituents is 1. The summed E-state index contributed by atoms with van der Waals surface area (Å²) in [4.78, 5) is 54.2. The molecule has 0 radical (unpaired) electrons. The normalized spacial score (nSPS) is 23.7. The molecule has 0 unspecified atom stereocenters. The molecule has 3 atom stereocenters. The summed E-state index contributed by atoms with van der Waals surface area (Å²) in [5.41, 5.74) is 4.93. The molecule has 1 saturated heterocycles. The number of carbonyl (C=O) groups is 3. The van der Waals surface area contributed by atoms with E-state index in [4.69, 9.17) is 0 Å². The number of amides is 3. The Hall–Kier alpha value is -5.48. The molecule has 0 spiro atoms. The molecule has 0 aromatic heterocycles. The van der Waals surface area contributed by atoms with Crippen molar-refractivity contribution in [1.29, 1.82) is 0 Å². The van der Waals surface area contributed by atoms with Gasteiger partial charge in [0.05, 0.1) is 22.2 Å². The number of nitro groups is 1. The molecule has 44 heavy (non-hydrogen) atoms. The fraction of sp³-hybridized carbons (Fsp3) is 0.176. The molecule has 218 valence electrons. The van der Waals surface area contributed by atoms with Crippen LogP contribution in [0.15, 0.2) is 102 Å². The van der Waals surface area contributed by atoms with Gasteiger partial charge in [-0.15, -0.1) is 0 Å². The van der Waals surface area contributed by atoms with Crippen molar-refractivity contribution in [2.45, 2.75) is 24.4 Å². The van der Waals surface area contributed by atoms with Gasteiger partial charge >= 0.3 is 0 Å². The van der Waals surface area contributed by atoms with E-state index in [9.17, 15) is 29.6 Å². The minimum Gasteiger partial charge on any atom is -0.378 e. The SMILES string of the molecule is Cc1ccc(N2C(=O)[C@@H]3C4c5ccccc5C(/C=N\NC(=O)[C@@H](O)c5ccccc5)(c5ccccc54)[C@@H]3C2=O)c([N+](=O)[O-])c1. The fourth-order valence-electron chi connectivity index (χ4n) is 7.30. The van der Waals surface area contributed by atoms with E-state index < -0.39 is 51.9 Å². The van der Waals surface area contributed by atoms with Gasteiger partial charge in [-0.3, -0.25) is 24.5 Å². The van der Waals surface area contributed by atoms with E-state index in [1.165, 1.54) is 18.3 Å². The summed E-state index contributed by atoms with van der Waals surface area (Å²) >= 11 is 0. The minimum atomic E-state index is -1.48. The van der Waals surface area contributed by atoms with Crippen LogP contribution >= 0.6 is 0 Å². The summed E-state index contributed by atoms with van der Waals surface area (Å²) in [6.45, 7) is 1.70. The van der Waals surface area contributed by atoms with E-state index in [0.717, 1.165) is 27.2 Å². The van der Waals surface area contributed by atoms with Gasteiger partial charge in [0, 0.05) is 18.2 Å². The van der Waals surface area contributed by atoms with Gasteiger partial charge in [-0.2, -0.15) is 5.10 Å². The minimum absolute atomic E-state index is 0.0797. The molecule has 4 aromatic rings. The first-order valence-corrected chi connectivity index (χ1v) is 14.1. The van der Waals surface area contributed by atoms with Crippen molar-refractivity contribution in [3.05, 3.63) is 141 Å². The molecule has 1 aliphatic heterocycles. The lowest BCUT2D eigenvalue weighted by Gasteiger charge is -2.52. The van der Waals surface area contributed by atoms with Crippen LogP contribution in [0.4, 0.5) is 11.4 Å². The highest BCUT2D eigenvalue weighted by molar-refractivity contribution is 6.25. The number of aryl methyl sites for hydroxylation is 1. The third kappa shape index (κ3) is 3.77. The number of carbonyl (C=O) groups excluding carboxylic acids is 3. The highest BCUT2D eigenvalue weighted by Gasteiger charge is 2.68. The summed E-state index contributed by atoms with van der Waals surface area (Å²) in [5, 5.41) is 27.0. The monoisotopic (exact) mass is 586 g/mol. The van der Waals surface area contributed by atoms with Crippen molar-refractivity contribution >= 4 is 35.3 Å². The van der Waals surface area contributed by atoms with E-state index in [1.54, 1.807) is 43.3 Å². The van der Waals surface area contributed by atoms with Gasteiger partial charge in [-0.05, 0) is 46.4 Å². The molecular weight excluding hydrogens is 560 g/mol. The summed E-state index contributed by atoms with van der Waals surface area (Å²) in [6.07, 6.45) is -0.00140. The summed E-state index contributed by atoms with van der Waals surface area (Å²) < 4.78 is 0. The first-order chi connectivity index (χ1) is 21.3. The third-order valence-corrected chi connectivity index (χ3v) is 9.06. The number of hydrogen-bond acceptors (Lipinski definition) is 7. The van der Waals surface area contributed by atoms with E-state index in [0.29, 0.717) is 11.1 Å². The van der Waals surface area contributed by atoms with Crippen LogP contribution in [0, 0.1) is 28.9 Å². The van der Waals surface area contributed by atoms with Gasteiger partial charge < -0.3 is 5.11 Å². The smallest absolute Gasteiger partial charge is 0.293 e. The molecule has 3 amide bonds. The Kier molecular flexibility index (Phi) is 6.26. The molecule has 1 heterocycles. The Bertz CT molecular complexity index is 1860. The molecule has 1 fully saturated rings. The second kappa shape index (κ2) is 10.1. The Morgan fingerprint density at radius 2 is 1.57 bits per heavy atom. The van der Waals surface area contributed by atoms with Gasteiger partial charge in [0.1, 0.15) is 5.69 Å². The highest BCUT2D eigenvalue weighted by Crippen LogP contribution is 2.64. The van der Waals surface area contributed by atoms with E-state index in [2.05, 4.69) is 10.5 Å². The molecule has 2 N–H and O–H groups in total. The average Bonchev–Trinajstić information content (AvgIpc) is 3.31. The van der Waals surface area contributed by atoms with E-state index in [1.807, 2.05) is 48.5 Å². The van der Waals surface area contributed by atoms with Crippen molar-refractivity contribution in [3.63, 3.8) is 0 Å². The van der Waals surface area contributed by atoms with Crippen LogP contribution in [-0.4, -0.2) is 34.0 Å². The first-order valence-electron chi connectivity index (χ1n) is 14.1. The Morgan fingerprint density at radius 3 is 2.20 bits per heavy atom. The first kappa shape index (κ1) is 27.4. The van der Waals surface area contributed by atoms with Gasteiger partial charge in [0.2, 0.25) is 11.8 Å². The maximum absolute atomic E-state index is 14.5. The van der Waals surface area contributed by atoms with Gasteiger partial charge in [-0.25, -0.2) is 10.3 Å². The number of imide groups is 1. The van der Waals surface area contributed by atoms with Crippen molar-refractivity contribution in [3.8, 4) is 0 Å². The zero-order chi connectivity index (χ0) is 30.7. The largest absolute Gasteiger partial charge is 0.378 e. The van der Waals surface area contributed by atoms with Crippen LogP contribution in [0.3, 0.4) is 0 Å². The second-order valence-corrected chi connectivity index (χ2v) is 11.3. The maximum atomic E-state index is 14.5. The number of hydrogen-bond donors (Lipinski definition) is 2. The number of hydrazone groups is 1. The molecule has 0 saturated carbocycles. The summed E-state index contributed by atoms with van der Waals surface area (Å²) in [5.74, 6) is -4.21. The van der Waals surface area contributed by atoms with Crippen molar-refractivity contribution in [1.82, 2.24) is 5.43 Å². The number of anilines is 1. The predicted octanol–water partition coefficient (Wildman–Crippen LogP) is 4.29. The number of aliphatic hydroxyl groups excluding tert-OH is 1. The van der Waals surface area contributed by atoms with Crippen LogP contribution in [0.2, 0.25) is 0 Å². The average molecular weight is 587 g/mol. The number of nitrogens with zero attached hydrogens (tertiary/aromatic N) is 3. The molecule has 10 nitrogen and oxygen atoms in total. The molecule has 8 rings (SSSR count). The molecule has 2 bridgehead atoms. The molecule has 3 aliphatic carbocycles. The van der Waals surface area contributed by atoms with Crippen molar-refractivity contribution < 1.29 is 24.4 Å². The number of nitrogens with one attached hydrogen (secondary N) is 1. The summed E-state index contributed by atoms with van der Waals surface area (Å²) in [6, 6.07) is 27.9. The molecule has 4 aromatic carbocycles. The van der Waals surface area contributed by atoms with Crippen LogP contribution in [0.25, 0.3) is 0 Å². The van der Waals surface area contributed by atoms with Crippen LogP contribution in [-0.2, 0) is 19.8 Å². The van der Waals surface area contributed by atoms with E-state index >= 15 is 0 Å². The maximum Gasteiger partial charge on any atom is 0.293 e.